The second kappa shape index (κ2) is 12.0. The van der Waals surface area contributed by atoms with Gasteiger partial charge in [-0.15, -0.1) is 0 Å². The number of nitrogens with one attached hydrogen (secondary N) is 2. The monoisotopic (exact) mass is 533 g/mol. The summed E-state index contributed by atoms with van der Waals surface area (Å²) in [7, 11) is 0. The number of anilines is 2. The van der Waals surface area contributed by atoms with Gasteiger partial charge in [-0.1, -0.05) is 108 Å². The standard InChI is InChI=1S/C37H47N3/c1-23(2)28-14-8-9-15-31(28)37(40-36-29(24(3)4)16-11-17-30(36)25(5)6)34-20-12-19-33(39-34)32-18-10-13-27-22-21-26(7)38-35(27)32/h8-20,23-26,28,31,37-38,40H,21-22H2,1-7H3/t26-,28?,31?,37?/m1/s1. The molecular formula is C37H47N3. The number of fused-ring (bicyclic) bond motifs is 1. The van der Waals surface area contributed by atoms with E-state index >= 15 is 0 Å². The van der Waals surface area contributed by atoms with E-state index < -0.39 is 0 Å². The summed E-state index contributed by atoms with van der Waals surface area (Å²) in [4.78, 5) is 5.43. The molecule has 0 fully saturated rings. The maximum Gasteiger partial charge on any atom is 0.0753 e. The van der Waals surface area contributed by atoms with Crippen molar-refractivity contribution < 1.29 is 0 Å². The molecule has 3 aromatic rings. The average Bonchev–Trinajstić information content (AvgIpc) is 2.95. The van der Waals surface area contributed by atoms with Crippen LogP contribution in [0.5, 0.6) is 0 Å². The van der Waals surface area contributed by atoms with Crippen LogP contribution < -0.4 is 10.6 Å². The summed E-state index contributed by atoms with van der Waals surface area (Å²) in [5.41, 5.74) is 10.0. The zero-order chi connectivity index (χ0) is 28.4. The Morgan fingerprint density at radius 2 is 1.45 bits per heavy atom. The van der Waals surface area contributed by atoms with Crippen LogP contribution in [0.3, 0.4) is 0 Å². The predicted octanol–water partition coefficient (Wildman–Crippen LogP) is 9.91. The van der Waals surface area contributed by atoms with E-state index in [1.54, 1.807) is 0 Å². The van der Waals surface area contributed by atoms with Crippen molar-refractivity contribution in [3.05, 3.63) is 101 Å². The van der Waals surface area contributed by atoms with Gasteiger partial charge in [-0.3, -0.25) is 4.98 Å². The lowest BCUT2D eigenvalue weighted by Crippen LogP contribution is -2.30. The van der Waals surface area contributed by atoms with Crippen molar-refractivity contribution in [2.24, 2.45) is 17.8 Å². The molecule has 0 saturated carbocycles. The number of aromatic nitrogens is 1. The van der Waals surface area contributed by atoms with E-state index in [0.29, 0.717) is 29.7 Å². The molecule has 40 heavy (non-hydrogen) atoms. The van der Waals surface area contributed by atoms with Crippen molar-refractivity contribution in [2.75, 3.05) is 10.6 Å². The van der Waals surface area contributed by atoms with Crippen LogP contribution >= 0.6 is 0 Å². The zero-order valence-corrected chi connectivity index (χ0v) is 25.4. The van der Waals surface area contributed by atoms with Crippen LogP contribution in [0.25, 0.3) is 11.3 Å². The highest BCUT2D eigenvalue weighted by Gasteiger charge is 2.33. The molecule has 3 heteroatoms. The van der Waals surface area contributed by atoms with Crippen LogP contribution in [-0.4, -0.2) is 11.0 Å². The van der Waals surface area contributed by atoms with Crippen molar-refractivity contribution in [3.8, 4) is 11.3 Å². The Bertz CT molecular complexity index is 1350. The summed E-state index contributed by atoms with van der Waals surface area (Å²) in [5.74, 6) is 2.08. The molecule has 3 unspecified atom stereocenters. The van der Waals surface area contributed by atoms with Gasteiger partial charge in [-0.2, -0.15) is 0 Å². The molecule has 210 valence electrons. The van der Waals surface area contributed by atoms with E-state index in [9.17, 15) is 0 Å². The molecule has 4 atom stereocenters. The van der Waals surface area contributed by atoms with Gasteiger partial charge in [0.2, 0.25) is 0 Å². The molecule has 2 aliphatic rings. The topological polar surface area (TPSA) is 37.0 Å². The fourth-order valence-electron chi connectivity index (χ4n) is 6.54. The fraction of sp³-hybridized carbons (Fsp3) is 0.432. The van der Waals surface area contributed by atoms with E-state index in [-0.39, 0.29) is 12.0 Å². The van der Waals surface area contributed by atoms with Crippen LogP contribution in [0.1, 0.15) is 95.1 Å². The van der Waals surface area contributed by atoms with E-state index in [2.05, 4.69) is 138 Å². The van der Waals surface area contributed by atoms with Crippen molar-refractivity contribution >= 4 is 11.4 Å². The number of para-hydroxylation sites is 2. The van der Waals surface area contributed by atoms with E-state index in [1.807, 2.05) is 0 Å². The fourth-order valence-corrected chi connectivity index (χ4v) is 6.54. The van der Waals surface area contributed by atoms with Gasteiger partial charge < -0.3 is 10.6 Å². The van der Waals surface area contributed by atoms with E-state index in [0.717, 1.165) is 17.8 Å². The number of nitrogens with zero attached hydrogens (tertiary/aromatic N) is 1. The van der Waals surface area contributed by atoms with Crippen molar-refractivity contribution in [1.82, 2.24) is 4.98 Å². The Morgan fingerprint density at radius 3 is 2.12 bits per heavy atom. The lowest BCUT2D eigenvalue weighted by Gasteiger charge is -2.36. The third kappa shape index (κ3) is 5.75. The van der Waals surface area contributed by atoms with Crippen LogP contribution in [0.15, 0.2) is 78.9 Å². The van der Waals surface area contributed by atoms with Crippen LogP contribution in [-0.2, 0) is 6.42 Å². The maximum absolute atomic E-state index is 5.43. The molecule has 0 spiro atoms. The molecule has 5 rings (SSSR count). The van der Waals surface area contributed by atoms with Crippen molar-refractivity contribution in [1.29, 1.82) is 0 Å². The summed E-state index contributed by atoms with van der Waals surface area (Å²) < 4.78 is 0. The minimum Gasteiger partial charge on any atom is -0.382 e. The molecule has 1 aliphatic heterocycles. The van der Waals surface area contributed by atoms with Crippen LogP contribution in [0, 0.1) is 17.8 Å². The summed E-state index contributed by atoms with van der Waals surface area (Å²) in [6, 6.07) is 20.6. The molecule has 0 saturated heterocycles. The number of hydrogen-bond donors (Lipinski definition) is 2. The van der Waals surface area contributed by atoms with Gasteiger partial charge >= 0.3 is 0 Å². The Morgan fingerprint density at radius 1 is 0.800 bits per heavy atom. The molecule has 1 aromatic heterocycles. The zero-order valence-electron chi connectivity index (χ0n) is 25.4. The molecule has 0 bridgehead atoms. The highest BCUT2D eigenvalue weighted by Crippen LogP contribution is 2.42. The second-order valence-corrected chi connectivity index (χ2v) is 12.8. The first kappa shape index (κ1) is 28.2. The average molecular weight is 534 g/mol. The summed E-state index contributed by atoms with van der Waals surface area (Å²) in [6.07, 6.45) is 11.5. The molecule has 0 amide bonds. The predicted molar refractivity (Wildman–Crippen MR) is 172 cm³/mol. The molecule has 2 aromatic carbocycles. The Labute approximate surface area is 242 Å². The maximum atomic E-state index is 5.43. The van der Waals surface area contributed by atoms with Crippen LogP contribution in [0.2, 0.25) is 0 Å². The quantitative estimate of drug-likeness (QED) is 0.302. The first-order chi connectivity index (χ1) is 19.2. The van der Waals surface area contributed by atoms with Gasteiger partial charge in [0.15, 0.2) is 0 Å². The Kier molecular flexibility index (Phi) is 8.49. The van der Waals surface area contributed by atoms with Gasteiger partial charge in [0.25, 0.3) is 0 Å². The molecule has 3 nitrogen and oxygen atoms in total. The van der Waals surface area contributed by atoms with E-state index in [4.69, 9.17) is 4.98 Å². The summed E-state index contributed by atoms with van der Waals surface area (Å²) in [6.45, 7) is 16.1. The molecule has 2 N–H and O–H groups in total. The minimum absolute atomic E-state index is 0.0392. The number of rotatable bonds is 8. The van der Waals surface area contributed by atoms with Gasteiger partial charge in [0.05, 0.1) is 17.4 Å². The third-order valence-corrected chi connectivity index (χ3v) is 8.80. The van der Waals surface area contributed by atoms with Gasteiger partial charge in [0, 0.05) is 28.9 Å². The summed E-state index contributed by atoms with van der Waals surface area (Å²) >= 11 is 0. The number of aryl methyl sites for hydroxylation is 1. The largest absolute Gasteiger partial charge is 0.382 e. The number of benzene rings is 2. The normalized spacial score (nSPS) is 21.0. The molecular weight excluding hydrogens is 486 g/mol. The van der Waals surface area contributed by atoms with E-state index in [1.165, 1.54) is 40.0 Å². The SMILES string of the molecule is CC(C)c1cccc(C(C)C)c1NC(c1cccc(-c2cccc3c2N[C@H](C)CC3)n1)C1C=CC=CC1C(C)C. The first-order valence-corrected chi connectivity index (χ1v) is 15.3. The molecule has 1 aliphatic carbocycles. The smallest absolute Gasteiger partial charge is 0.0753 e. The lowest BCUT2D eigenvalue weighted by atomic mass is 9.75. The summed E-state index contributed by atoms with van der Waals surface area (Å²) in [5, 5.41) is 7.90. The lowest BCUT2D eigenvalue weighted by molar-refractivity contribution is 0.326. The second-order valence-electron chi connectivity index (χ2n) is 12.8. The van der Waals surface area contributed by atoms with Crippen molar-refractivity contribution in [2.45, 2.75) is 85.2 Å². The number of hydrogen-bond acceptors (Lipinski definition) is 3. The third-order valence-electron chi connectivity index (χ3n) is 8.80. The highest BCUT2D eigenvalue weighted by atomic mass is 15.0. The van der Waals surface area contributed by atoms with Crippen molar-refractivity contribution in [3.63, 3.8) is 0 Å². The highest BCUT2D eigenvalue weighted by molar-refractivity contribution is 5.79. The molecule has 2 heterocycles. The van der Waals surface area contributed by atoms with Gasteiger partial charge in [0.1, 0.15) is 0 Å². The minimum atomic E-state index is 0.0392. The number of pyridine rings is 1. The Balaban J connectivity index is 1.64. The Hall–Kier alpha value is -3.33. The molecule has 0 radical (unpaired) electrons. The van der Waals surface area contributed by atoms with Gasteiger partial charge in [-0.25, -0.2) is 0 Å². The number of allylic oxidation sites excluding steroid dienone is 3. The first-order valence-electron chi connectivity index (χ1n) is 15.3. The van der Waals surface area contributed by atoms with Gasteiger partial charge in [-0.05, 0) is 72.3 Å². The van der Waals surface area contributed by atoms with Crippen LogP contribution in [0.4, 0.5) is 11.4 Å².